The Labute approximate surface area is 190 Å². The Bertz CT molecular complexity index is 1340. The third-order valence-electron chi connectivity index (χ3n) is 5.99. The molecule has 10 nitrogen and oxygen atoms in total. The van der Waals surface area contributed by atoms with E-state index in [2.05, 4.69) is 25.4 Å². The quantitative estimate of drug-likeness (QED) is 0.459. The molecule has 2 aromatic carbocycles. The van der Waals surface area contributed by atoms with Crippen molar-refractivity contribution < 1.29 is 4.79 Å². The van der Waals surface area contributed by atoms with Crippen molar-refractivity contribution in [2.24, 2.45) is 0 Å². The van der Waals surface area contributed by atoms with Crippen molar-refractivity contribution in [3.8, 4) is 5.69 Å². The van der Waals surface area contributed by atoms with Crippen LogP contribution in [0.25, 0.3) is 16.6 Å². The van der Waals surface area contributed by atoms with Gasteiger partial charge in [-0.25, -0.2) is 4.98 Å². The molecule has 3 heterocycles. The number of carbonyl (C=O) groups is 1. The summed E-state index contributed by atoms with van der Waals surface area (Å²) in [5, 5.41) is 12.7. The molecule has 1 amide bonds. The van der Waals surface area contributed by atoms with E-state index in [4.69, 9.17) is 0 Å². The Kier molecular flexibility index (Phi) is 5.55. The standard InChI is InChI=1S/C23H24N8O2/c1-17-6-5-9-19-21(17)24-16-30(22(19)33)11-10-20(32)28-12-14-29(15-13-28)23-25-26-27-31(23)18-7-3-2-4-8-18/h2-9,16H,10-15H2,1H3. The Morgan fingerprint density at radius 2 is 1.79 bits per heavy atom. The average molecular weight is 444 g/mol. The van der Waals surface area contributed by atoms with Gasteiger partial charge in [0.2, 0.25) is 11.9 Å². The Morgan fingerprint density at radius 3 is 2.58 bits per heavy atom. The summed E-state index contributed by atoms with van der Waals surface area (Å²) < 4.78 is 3.22. The molecule has 0 unspecified atom stereocenters. The zero-order chi connectivity index (χ0) is 22.8. The maximum atomic E-state index is 12.8. The van der Waals surface area contributed by atoms with Crippen molar-refractivity contribution in [2.75, 3.05) is 31.1 Å². The second-order valence-electron chi connectivity index (χ2n) is 8.06. The van der Waals surface area contributed by atoms with Crippen molar-refractivity contribution in [3.63, 3.8) is 0 Å². The van der Waals surface area contributed by atoms with Gasteiger partial charge in [0, 0.05) is 39.1 Å². The van der Waals surface area contributed by atoms with Crippen molar-refractivity contribution in [1.82, 2.24) is 34.7 Å². The van der Waals surface area contributed by atoms with Crippen LogP contribution in [0.2, 0.25) is 0 Å². The van der Waals surface area contributed by atoms with Crippen LogP contribution >= 0.6 is 0 Å². The molecule has 1 aliphatic rings. The summed E-state index contributed by atoms with van der Waals surface area (Å²) in [6.07, 6.45) is 1.78. The molecule has 1 fully saturated rings. The number of aromatic nitrogens is 6. The molecule has 5 rings (SSSR count). The number of tetrazole rings is 1. The lowest BCUT2D eigenvalue weighted by atomic mass is 10.1. The molecule has 168 valence electrons. The van der Waals surface area contributed by atoms with Gasteiger partial charge in [-0.1, -0.05) is 35.4 Å². The number of amides is 1. The van der Waals surface area contributed by atoms with E-state index in [1.54, 1.807) is 10.7 Å². The fraction of sp³-hybridized carbons (Fsp3) is 0.304. The molecular formula is C23H24N8O2. The normalized spacial score (nSPS) is 14.1. The van der Waals surface area contributed by atoms with E-state index in [0.717, 1.165) is 11.3 Å². The number of para-hydroxylation sites is 2. The molecule has 0 saturated carbocycles. The number of carbonyl (C=O) groups excluding carboxylic acids is 1. The highest BCUT2D eigenvalue weighted by molar-refractivity contribution is 5.80. The van der Waals surface area contributed by atoms with Gasteiger partial charge in [0.1, 0.15) is 0 Å². The Morgan fingerprint density at radius 1 is 1.00 bits per heavy atom. The number of piperazine rings is 1. The fourth-order valence-electron chi connectivity index (χ4n) is 4.14. The average Bonchev–Trinajstić information content (AvgIpc) is 3.35. The first kappa shape index (κ1) is 20.8. The lowest BCUT2D eigenvalue weighted by Crippen LogP contribution is -2.49. The van der Waals surface area contributed by atoms with E-state index >= 15 is 0 Å². The van der Waals surface area contributed by atoms with Crippen LogP contribution in [0.3, 0.4) is 0 Å². The minimum absolute atomic E-state index is 0.0218. The Hall–Kier alpha value is -4.08. The van der Waals surface area contributed by atoms with Gasteiger partial charge >= 0.3 is 0 Å². The van der Waals surface area contributed by atoms with E-state index in [9.17, 15) is 9.59 Å². The van der Waals surface area contributed by atoms with Crippen LogP contribution in [0.4, 0.5) is 5.95 Å². The molecule has 0 N–H and O–H groups in total. The minimum Gasteiger partial charge on any atom is -0.339 e. The van der Waals surface area contributed by atoms with Crippen LogP contribution in [0.5, 0.6) is 0 Å². The smallest absolute Gasteiger partial charge is 0.261 e. The number of aryl methyl sites for hydroxylation is 2. The third-order valence-corrected chi connectivity index (χ3v) is 5.99. The highest BCUT2D eigenvalue weighted by Gasteiger charge is 2.25. The van der Waals surface area contributed by atoms with Crippen molar-refractivity contribution in [1.29, 1.82) is 0 Å². The maximum absolute atomic E-state index is 12.8. The summed E-state index contributed by atoms with van der Waals surface area (Å²) >= 11 is 0. The summed E-state index contributed by atoms with van der Waals surface area (Å²) in [7, 11) is 0. The lowest BCUT2D eigenvalue weighted by Gasteiger charge is -2.34. The summed E-state index contributed by atoms with van der Waals surface area (Å²) in [4.78, 5) is 33.9. The number of nitrogens with zero attached hydrogens (tertiary/aromatic N) is 8. The second kappa shape index (κ2) is 8.81. The first-order valence-electron chi connectivity index (χ1n) is 10.9. The van der Waals surface area contributed by atoms with E-state index in [-0.39, 0.29) is 17.9 Å². The molecule has 1 aliphatic heterocycles. The van der Waals surface area contributed by atoms with Gasteiger partial charge in [-0.2, -0.15) is 4.68 Å². The van der Waals surface area contributed by atoms with Crippen molar-refractivity contribution in [2.45, 2.75) is 19.9 Å². The molecule has 0 aliphatic carbocycles. The molecule has 1 saturated heterocycles. The van der Waals surface area contributed by atoms with Gasteiger partial charge in [0.25, 0.3) is 5.56 Å². The first-order valence-corrected chi connectivity index (χ1v) is 10.9. The summed E-state index contributed by atoms with van der Waals surface area (Å²) in [5.74, 6) is 0.686. The Balaban J connectivity index is 1.21. The molecule has 33 heavy (non-hydrogen) atoms. The van der Waals surface area contributed by atoms with Gasteiger partial charge in [0.15, 0.2) is 0 Å². The third kappa shape index (κ3) is 4.07. The highest BCUT2D eigenvalue weighted by Crippen LogP contribution is 2.17. The van der Waals surface area contributed by atoms with Crippen molar-refractivity contribution in [3.05, 3.63) is 70.8 Å². The molecule has 0 spiro atoms. The second-order valence-corrected chi connectivity index (χ2v) is 8.06. The number of rotatable bonds is 5. The first-order chi connectivity index (χ1) is 16.1. The number of hydrogen-bond acceptors (Lipinski definition) is 7. The molecule has 0 radical (unpaired) electrons. The van der Waals surface area contributed by atoms with Crippen LogP contribution in [0.1, 0.15) is 12.0 Å². The molecule has 0 bridgehead atoms. The summed E-state index contributed by atoms with van der Waals surface area (Å²) in [6, 6.07) is 15.3. The zero-order valence-corrected chi connectivity index (χ0v) is 18.3. The van der Waals surface area contributed by atoms with Gasteiger partial charge in [-0.3, -0.25) is 14.2 Å². The number of anilines is 1. The summed E-state index contributed by atoms with van der Waals surface area (Å²) in [5.41, 5.74) is 2.44. The number of benzene rings is 2. The van der Waals surface area contributed by atoms with E-state index in [0.29, 0.717) is 49.6 Å². The molecule has 10 heteroatoms. The van der Waals surface area contributed by atoms with Crippen LogP contribution in [0.15, 0.2) is 59.7 Å². The fourth-order valence-corrected chi connectivity index (χ4v) is 4.14. The van der Waals surface area contributed by atoms with Crippen LogP contribution in [-0.4, -0.2) is 66.7 Å². The molecule has 4 aromatic rings. The zero-order valence-electron chi connectivity index (χ0n) is 18.3. The minimum atomic E-state index is -0.117. The van der Waals surface area contributed by atoms with Crippen molar-refractivity contribution >= 4 is 22.8 Å². The highest BCUT2D eigenvalue weighted by atomic mass is 16.2. The van der Waals surface area contributed by atoms with E-state index in [1.807, 2.05) is 54.3 Å². The monoisotopic (exact) mass is 444 g/mol. The number of fused-ring (bicyclic) bond motifs is 1. The predicted octanol–water partition coefficient (Wildman–Crippen LogP) is 1.42. The predicted molar refractivity (Wildman–Crippen MR) is 123 cm³/mol. The lowest BCUT2D eigenvalue weighted by molar-refractivity contribution is -0.131. The van der Waals surface area contributed by atoms with Gasteiger partial charge in [0.05, 0.1) is 22.9 Å². The largest absolute Gasteiger partial charge is 0.339 e. The van der Waals surface area contributed by atoms with Crippen LogP contribution < -0.4 is 10.5 Å². The number of hydrogen-bond donors (Lipinski definition) is 0. The maximum Gasteiger partial charge on any atom is 0.261 e. The molecular weight excluding hydrogens is 420 g/mol. The molecule has 2 aromatic heterocycles. The van der Waals surface area contributed by atoms with Gasteiger partial charge in [-0.15, -0.1) is 0 Å². The van der Waals surface area contributed by atoms with E-state index in [1.165, 1.54) is 10.9 Å². The summed E-state index contributed by atoms with van der Waals surface area (Å²) in [6.45, 7) is 4.65. The topological polar surface area (TPSA) is 102 Å². The van der Waals surface area contributed by atoms with E-state index < -0.39 is 0 Å². The van der Waals surface area contributed by atoms with Gasteiger partial charge < -0.3 is 9.80 Å². The van der Waals surface area contributed by atoms with Gasteiger partial charge in [-0.05, 0) is 41.1 Å². The SMILES string of the molecule is Cc1cccc2c(=O)n(CCC(=O)N3CCN(c4nnnn4-c4ccccc4)CC3)cnc12. The van der Waals surface area contributed by atoms with Crippen LogP contribution in [-0.2, 0) is 11.3 Å². The van der Waals surface area contributed by atoms with Crippen LogP contribution in [0, 0.1) is 6.92 Å². The molecule has 0 atom stereocenters.